The van der Waals surface area contributed by atoms with Gasteiger partial charge in [-0.3, -0.25) is 4.90 Å². The lowest BCUT2D eigenvalue weighted by Crippen LogP contribution is -2.60. The zero-order valence-corrected chi connectivity index (χ0v) is 12.8. The first-order valence-electron chi connectivity index (χ1n) is 7.92. The molecule has 106 valence electrons. The molecule has 2 heteroatoms. The first kappa shape index (κ1) is 14.3. The van der Waals surface area contributed by atoms with Crippen molar-refractivity contribution in [1.29, 1.82) is 0 Å². The highest BCUT2D eigenvalue weighted by molar-refractivity contribution is 4.97. The molecule has 18 heavy (non-hydrogen) atoms. The molecule has 2 rings (SSSR count). The molecule has 0 radical (unpaired) electrons. The summed E-state index contributed by atoms with van der Waals surface area (Å²) < 4.78 is 0. The number of piperidine rings is 1. The van der Waals surface area contributed by atoms with Crippen molar-refractivity contribution in [3.8, 4) is 0 Å². The van der Waals surface area contributed by atoms with Crippen LogP contribution in [0.2, 0.25) is 0 Å². The Morgan fingerprint density at radius 3 is 2.28 bits per heavy atom. The molecular formula is C16H32N2. The van der Waals surface area contributed by atoms with E-state index in [9.17, 15) is 0 Å². The normalized spacial score (nSPS) is 33.8. The highest BCUT2D eigenvalue weighted by atomic mass is 15.2. The van der Waals surface area contributed by atoms with Gasteiger partial charge in [0.25, 0.3) is 0 Å². The molecule has 0 aromatic rings. The van der Waals surface area contributed by atoms with Gasteiger partial charge >= 0.3 is 0 Å². The van der Waals surface area contributed by atoms with Crippen molar-refractivity contribution in [2.45, 2.75) is 84.3 Å². The first-order valence-corrected chi connectivity index (χ1v) is 7.92. The molecule has 4 atom stereocenters. The van der Waals surface area contributed by atoms with E-state index in [2.05, 4.69) is 32.6 Å². The van der Waals surface area contributed by atoms with E-state index >= 15 is 0 Å². The van der Waals surface area contributed by atoms with Crippen LogP contribution in [0.4, 0.5) is 0 Å². The van der Waals surface area contributed by atoms with Gasteiger partial charge in [-0.05, 0) is 50.5 Å². The summed E-state index contributed by atoms with van der Waals surface area (Å²) >= 11 is 0. The molecule has 0 amide bonds. The van der Waals surface area contributed by atoms with E-state index in [1.165, 1.54) is 45.1 Å². The van der Waals surface area contributed by atoms with Gasteiger partial charge in [-0.2, -0.15) is 0 Å². The number of hydrogen-bond acceptors (Lipinski definition) is 2. The van der Waals surface area contributed by atoms with Crippen LogP contribution in [0.25, 0.3) is 0 Å². The van der Waals surface area contributed by atoms with Crippen molar-refractivity contribution in [2.24, 2.45) is 17.1 Å². The topological polar surface area (TPSA) is 29.3 Å². The molecule has 4 unspecified atom stereocenters. The maximum atomic E-state index is 6.33. The third-order valence-electron chi connectivity index (χ3n) is 5.03. The molecule has 1 saturated carbocycles. The number of fused-ring (bicyclic) bond motifs is 1. The molecule has 1 aliphatic heterocycles. The Hall–Kier alpha value is -0.0800. The minimum Gasteiger partial charge on any atom is -0.327 e. The molecule has 2 aliphatic rings. The lowest BCUT2D eigenvalue weighted by atomic mass is 9.74. The zero-order chi connectivity index (χ0) is 13.3. The summed E-state index contributed by atoms with van der Waals surface area (Å²) in [5.41, 5.74) is 6.62. The largest absolute Gasteiger partial charge is 0.327 e. The lowest BCUT2D eigenvalue weighted by molar-refractivity contribution is -0.0213. The van der Waals surface area contributed by atoms with Crippen LogP contribution in [0.5, 0.6) is 0 Å². The second-order valence-corrected chi connectivity index (χ2v) is 7.66. The Bertz CT molecular complexity index is 265. The minimum absolute atomic E-state index is 0.269. The predicted molar refractivity (Wildman–Crippen MR) is 78.6 cm³/mol. The molecule has 0 aromatic heterocycles. The molecule has 2 N–H and O–H groups in total. The number of rotatable bonds is 2. The lowest BCUT2D eigenvalue weighted by Gasteiger charge is -2.52. The highest BCUT2D eigenvalue weighted by Gasteiger charge is 2.41. The van der Waals surface area contributed by atoms with Crippen LogP contribution in [-0.2, 0) is 0 Å². The second-order valence-electron chi connectivity index (χ2n) is 7.66. The van der Waals surface area contributed by atoms with E-state index in [0.717, 1.165) is 12.0 Å². The van der Waals surface area contributed by atoms with Crippen LogP contribution in [0.1, 0.15) is 66.2 Å². The van der Waals surface area contributed by atoms with Gasteiger partial charge in [-0.15, -0.1) is 0 Å². The van der Waals surface area contributed by atoms with Gasteiger partial charge in [-0.1, -0.05) is 33.6 Å². The number of nitrogens with two attached hydrogens (primary N) is 1. The fourth-order valence-corrected chi connectivity index (χ4v) is 4.60. The van der Waals surface area contributed by atoms with E-state index in [1.807, 2.05) is 0 Å². The SMILES string of the molecule is CC(N)C(N1CCCC2CCCCC21)C(C)(C)C. The molecular weight excluding hydrogens is 220 g/mol. The third-order valence-corrected chi connectivity index (χ3v) is 5.03. The van der Waals surface area contributed by atoms with E-state index in [1.54, 1.807) is 0 Å². The number of likely N-dealkylation sites (tertiary alicyclic amines) is 1. The number of hydrogen-bond donors (Lipinski definition) is 1. The van der Waals surface area contributed by atoms with E-state index in [-0.39, 0.29) is 11.5 Å². The molecule has 2 fully saturated rings. The van der Waals surface area contributed by atoms with Gasteiger partial charge in [0.15, 0.2) is 0 Å². The Labute approximate surface area is 113 Å². The van der Waals surface area contributed by atoms with Crippen LogP contribution in [0.15, 0.2) is 0 Å². The van der Waals surface area contributed by atoms with Crippen molar-refractivity contribution in [2.75, 3.05) is 6.54 Å². The summed E-state index contributed by atoms with van der Waals surface area (Å²) in [5, 5.41) is 0. The van der Waals surface area contributed by atoms with Gasteiger partial charge in [0.2, 0.25) is 0 Å². The molecule has 1 aliphatic carbocycles. The Balaban J connectivity index is 2.17. The fourth-order valence-electron chi connectivity index (χ4n) is 4.60. The Morgan fingerprint density at radius 1 is 1.06 bits per heavy atom. The van der Waals surface area contributed by atoms with Crippen molar-refractivity contribution in [3.63, 3.8) is 0 Å². The summed E-state index contributed by atoms with van der Waals surface area (Å²) in [6.45, 7) is 10.5. The van der Waals surface area contributed by atoms with E-state index in [0.29, 0.717) is 6.04 Å². The molecule has 0 aromatic carbocycles. The summed E-state index contributed by atoms with van der Waals surface area (Å²) in [5.74, 6) is 0.955. The first-order chi connectivity index (χ1) is 8.41. The highest BCUT2D eigenvalue weighted by Crippen LogP contribution is 2.39. The van der Waals surface area contributed by atoms with Crippen LogP contribution < -0.4 is 5.73 Å². The maximum Gasteiger partial charge on any atom is 0.0295 e. The van der Waals surface area contributed by atoms with Gasteiger partial charge in [0.05, 0.1) is 0 Å². The van der Waals surface area contributed by atoms with Gasteiger partial charge in [0, 0.05) is 18.1 Å². The maximum absolute atomic E-state index is 6.33. The van der Waals surface area contributed by atoms with Crippen LogP contribution >= 0.6 is 0 Å². The van der Waals surface area contributed by atoms with Crippen molar-refractivity contribution in [1.82, 2.24) is 4.90 Å². The molecule has 2 nitrogen and oxygen atoms in total. The predicted octanol–water partition coefficient (Wildman–Crippen LogP) is 3.40. The van der Waals surface area contributed by atoms with Gasteiger partial charge in [-0.25, -0.2) is 0 Å². The molecule has 0 spiro atoms. The monoisotopic (exact) mass is 252 g/mol. The van der Waals surface area contributed by atoms with Gasteiger partial charge < -0.3 is 5.73 Å². The fraction of sp³-hybridized carbons (Fsp3) is 1.00. The van der Waals surface area contributed by atoms with Crippen molar-refractivity contribution >= 4 is 0 Å². The van der Waals surface area contributed by atoms with Crippen LogP contribution in [-0.4, -0.2) is 29.6 Å². The minimum atomic E-state index is 0.269. The smallest absolute Gasteiger partial charge is 0.0295 e. The van der Waals surface area contributed by atoms with Crippen LogP contribution in [0.3, 0.4) is 0 Å². The van der Waals surface area contributed by atoms with Crippen molar-refractivity contribution in [3.05, 3.63) is 0 Å². The molecule has 0 bridgehead atoms. The quantitative estimate of drug-likeness (QED) is 0.816. The average Bonchev–Trinajstić information content (AvgIpc) is 2.27. The average molecular weight is 252 g/mol. The third kappa shape index (κ3) is 2.91. The van der Waals surface area contributed by atoms with Gasteiger partial charge in [0.1, 0.15) is 0 Å². The number of nitrogens with zero attached hydrogens (tertiary/aromatic N) is 1. The zero-order valence-electron chi connectivity index (χ0n) is 12.8. The molecule has 1 heterocycles. The van der Waals surface area contributed by atoms with E-state index < -0.39 is 0 Å². The summed E-state index contributed by atoms with van der Waals surface area (Å²) in [4.78, 5) is 2.79. The Morgan fingerprint density at radius 2 is 1.67 bits per heavy atom. The van der Waals surface area contributed by atoms with Crippen LogP contribution in [0, 0.1) is 11.3 Å². The van der Waals surface area contributed by atoms with E-state index in [4.69, 9.17) is 5.73 Å². The molecule has 1 saturated heterocycles. The summed E-state index contributed by atoms with van der Waals surface area (Å²) in [6.07, 6.45) is 8.57. The standard InChI is InChI=1S/C16H32N2/c1-12(17)15(16(2,3)4)18-11-7-9-13-8-5-6-10-14(13)18/h12-15H,5-11,17H2,1-4H3. The second kappa shape index (κ2) is 5.50. The van der Waals surface area contributed by atoms with Crippen molar-refractivity contribution < 1.29 is 0 Å². The summed E-state index contributed by atoms with van der Waals surface area (Å²) in [6, 6.07) is 1.62. The Kier molecular flexibility index (Phi) is 4.38. The summed E-state index contributed by atoms with van der Waals surface area (Å²) in [7, 11) is 0.